The molecular formula is C23H23FN8O2. The number of aliphatic hydroxyl groups excluding tert-OH is 1. The van der Waals surface area contributed by atoms with Crippen LogP contribution in [-0.4, -0.2) is 71.2 Å². The number of carbonyl (C=O) groups excluding carboxylic acids is 1. The molecule has 0 radical (unpaired) electrons. The number of rotatable bonds is 5. The molecule has 0 bridgehead atoms. The molecular weight excluding hydrogens is 439 g/mol. The number of hydrogen-bond donors (Lipinski definition) is 2. The smallest absolute Gasteiger partial charge is 0.248 e. The highest BCUT2D eigenvalue weighted by atomic mass is 19.1. The molecule has 2 N–H and O–H groups in total. The Morgan fingerprint density at radius 2 is 2.06 bits per heavy atom. The summed E-state index contributed by atoms with van der Waals surface area (Å²) in [7, 11) is 0. The Morgan fingerprint density at radius 1 is 1.24 bits per heavy atom. The fourth-order valence-corrected chi connectivity index (χ4v) is 4.09. The Hall–Kier alpha value is -3.99. The molecule has 1 atom stereocenters. The molecule has 4 aromatic heterocycles. The predicted molar refractivity (Wildman–Crippen MR) is 122 cm³/mol. The first kappa shape index (κ1) is 21.8. The highest BCUT2D eigenvalue weighted by molar-refractivity contribution is 5.78. The number of aliphatic hydroxyl groups is 1. The molecule has 1 fully saturated rings. The maximum Gasteiger partial charge on any atom is 0.248 e. The van der Waals surface area contributed by atoms with E-state index in [2.05, 4.69) is 30.4 Å². The van der Waals surface area contributed by atoms with E-state index in [1.165, 1.54) is 12.4 Å². The van der Waals surface area contributed by atoms with Gasteiger partial charge < -0.3 is 15.3 Å². The van der Waals surface area contributed by atoms with E-state index in [1.54, 1.807) is 22.5 Å². The van der Waals surface area contributed by atoms with Gasteiger partial charge in [0.15, 0.2) is 17.5 Å². The molecule has 10 nitrogen and oxygen atoms in total. The van der Waals surface area contributed by atoms with Crippen LogP contribution in [0.3, 0.4) is 0 Å². The van der Waals surface area contributed by atoms with Crippen molar-refractivity contribution < 1.29 is 14.3 Å². The number of aryl methyl sites for hydroxylation is 1. The monoisotopic (exact) mass is 462 g/mol. The number of hydrogen-bond acceptors (Lipinski definition) is 8. The minimum atomic E-state index is -0.627. The van der Waals surface area contributed by atoms with Gasteiger partial charge in [-0.15, -0.1) is 0 Å². The van der Waals surface area contributed by atoms with Gasteiger partial charge in [-0.05, 0) is 31.9 Å². The third-order valence-electron chi connectivity index (χ3n) is 5.82. The first-order chi connectivity index (χ1) is 16.5. The maximum absolute atomic E-state index is 15.7. The quantitative estimate of drug-likeness (QED) is 0.463. The summed E-state index contributed by atoms with van der Waals surface area (Å²) in [5.41, 5.74) is 1.93. The van der Waals surface area contributed by atoms with Crippen LogP contribution in [0.1, 0.15) is 18.7 Å². The highest BCUT2D eigenvalue weighted by Crippen LogP contribution is 2.30. The van der Waals surface area contributed by atoms with Crippen molar-refractivity contribution in [1.29, 1.82) is 0 Å². The van der Waals surface area contributed by atoms with Gasteiger partial charge in [0.25, 0.3) is 0 Å². The second-order valence-corrected chi connectivity index (χ2v) is 8.15. The van der Waals surface area contributed by atoms with Crippen molar-refractivity contribution in [3.8, 4) is 22.6 Å². The lowest BCUT2D eigenvalue weighted by molar-refractivity contribution is -0.135. The van der Waals surface area contributed by atoms with Crippen molar-refractivity contribution in [2.45, 2.75) is 25.8 Å². The van der Waals surface area contributed by atoms with Crippen LogP contribution in [0.5, 0.6) is 0 Å². The number of nitrogens with one attached hydrogen (secondary N) is 1. The van der Waals surface area contributed by atoms with Gasteiger partial charge in [-0.1, -0.05) is 6.07 Å². The minimum absolute atomic E-state index is 0.0270. The summed E-state index contributed by atoms with van der Waals surface area (Å²) < 4.78 is 17.4. The van der Waals surface area contributed by atoms with Crippen molar-refractivity contribution in [2.24, 2.45) is 0 Å². The van der Waals surface area contributed by atoms with E-state index in [9.17, 15) is 9.90 Å². The molecule has 174 valence electrons. The van der Waals surface area contributed by atoms with Crippen LogP contribution in [0.15, 0.2) is 43.0 Å². The summed E-state index contributed by atoms with van der Waals surface area (Å²) >= 11 is 0. The number of amides is 1. The summed E-state index contributed by atoms with van der Waals surface area (Å²) in [6, 6.07) is 5.40. The SMILES string of the molecule is Cc1ncc(-c2nc(-c3cnn4ccccc34)nc(N[C@@H]3CCCN(C(=O)CO)C3)c2F)cn1. The van der Waals surface area contributed by atoms with Gasteiger partial charge in [-0.2, -0.15) is 5.10 Å². The Labute approximate surface area is 194 Å². The van der Waals surface area contributed by atoms with E-state index in [0.29, 0.717) is 35.9 Å². The third kappa shape index (κ3) is 4.17. The molecule has 34 heavy (non-hydrogen) atoms. The van der Waals surface area contributed by atoms with Gasteiger partial charge in [-0.25, -0.2) is 28.8 Å². The van der Waals surface area contributed by atoms with Crippen molar-refractivity contribution in [2.75, 3.05) is 25.0 Å². The average molecular weight is 462 g/mol. The standard InChI is InChI=1S/C23H23FN8O2/c1-14-25-9-15(10-26-14)21-20(24)23(28-16-5-4-7-31(12-16)19(34)13-33)30-22(29-21)17-11-27-32-8-3-2-6-18(17)32/h2-3,6,8-11,16,33H,4-5,7,12-13H2,1H3,(H,28,29,30)/t16-/m1/s1. The van der Waals surface area contributed by atoms with Crippen LogP contribution >= 0.6 is 0 Å². The fraction of sp³-hybridized carbons (Fsp3) is 0.304. The lowest BCUT2D eigenvalue weighted by Gasteiger charge is -2.33. The topological polar surface area (TPSA) is 121 Å². The minimum Gasteiger partial charge on any atom is -0.387 e. The molecule has 1 saturated heterocycles. The van der Waals surface area contributed by atoms with Crippen molar-refractivity contribution in [1.82, 2.24) is 34.4 Å². The van der Waals surface area contributed by atoms with Crippen molar-refractivity contribution >= 4 is 17.2 Å². The first-order valence-electron chi connectivity index (χ1n) is 11.0. The van der Waals surface area contributed by atoms with Crippen LogP contribution in [-0.2, 0) is 4.79 Å². The number of piperidine rings is 1. The molecule has 0 saturated carbocycles. The summed E-state index contributed by atoms with van der Waals surface area (Å²) in [5, 5.41) is 16.7. The van der Waals surface area contributed by atoms with Crippen LogP contribution in [0.4, 0.5) is 10.2 Å². The molecule has 1 aliphatic rings. The van der Waals surface area contributed by atoms with E-state index in [1.807, 2.05) is 24.4 Å². The molecule has 5 heterocycles. The fourth-order valence-electron chi connectivity index (χ4n) is 4.09. The summed E-state index contributed by atoms with van der Waals surface area (Å²) in [6.45, 7) is 2.10. The Bertz CT molecular complexity index is 1340. The number of carbonyl (C=O) groups is 1. The van der Waals surface area contributed by atoms with E-state index in [0.717, 1.165) is 18.4 Å². The number of aromatic nitrogens is 6. The van der Waals surface area contributed by atoms with Gasteiger partial charge in [0.1, 0.15) is 18.1 Å². The second kappa shape index (κ2) is 9.10. The molecule has 0 aromatic carbocycles. The zero-order valence-electron chi connectivity index (χ0n) is 18.5. The molecule has 11 heteroatoms. The molecule has 1 amide bonds. The number of halogens is 1. The lowest BCUT2D eigenvalue weighted by atomic mass is 10.1. The van der Waals surface area contributed by atoms with Crippen LogP contribution in [0.25, 0.3) is 28.2 Å². The van der Waals surface area contributed by atoms with Crippen LogP contribution in [0.2, 0.25) is 0 Å². The van der Waals surface area contributed by atoms with E-state index in [-0.39, 0.29) is 23.5 Å². The van der Waals surface area contributed by atoms with E-state index < -0.39 is 12.4 Å². The molecule has 5 rings (SSSR count). The van der Waals surface area contributed by atoms with Crippen LogP contribution < -0.4 is 5.32 Å². The second-order valence-electron chi connectivity index (χ2n) is 8.15. The largest absolute Gasteiger partial charge is 0.387 e. The average Bonchev–Trinajstić information content (AvgIpc) is 3.30. The predicted octanol–water partition coefficient (Wildman–Crippen LogP) is 2.09. The number of fused-ring (bicyclic) bond motifs is 1. The third-order valence-corrected chi connectivity index (χ3v) is 5.82. The summed E-state index contributed by atoms with van der Waals surface area (Å²) in [5.74, 6) is -0.0772. The van der Waals surface area contributed by atoms with Gasteiger partial charge in [0.2, 0.25) is 5.91 Å². The number of pyridine rings is 1. The first-order valence-corrected chi connectivity index (χ1v) is 11.0. The zero-order chi connectivity index (χ0) is 23.7. The molecule has 1 aliphatic heterocycles. The van der Waals surface area contributed by atoms with Gasteiger partial charge in [-0.3, -0.25) is 4.79 Å². The van der Waals surface area contributed by atoms with E-state index in [4.69, 9.17) is 0 Å². The number of likely N-dealkylation sites (tertiary alicyclic amines) is 1. The molecule has 0 aliphatic carbocycles. The highest BCUT2D eigenvalue weighted by Gasteiger charge is 2.26. The summed E-state index contributed by atoms with van der Waals surface area (Å²) in [4.78, 5) is 30.9. The van der Waals surface area contributed by atoms with Crippen LogP contribution in [0, 0.1) is 12.7 Å². The van der Waals surface area contributed by atoms with Crippen molar-refractivity contribution in [3.05, 3.63) is 54.6 Å². The van der Waals surface area contributed by atoms with E-state index >= 15 is 4.39 Å². The normalized spacial score (nSPS) is 16.1. The Balaban J connectivity index is 1.58. The zero-order valence-corrected chi connectivity index (χ0v) is 18.5. The maximum atomic E-state index is 15.7. The lowest BCUT2D eigenvalue weighted by Crippen LogP contribution is -2.46. The Morgan fingerprint density at radius 3 is 2.85 bits per heavy atom. The van der Waals surface area contributed by atoms with Crippen molar-refractivity contribution in [3.63, 3.8) is 0 Å². The molecule has 0 spiro atoms. The molecule has 0 unspecified atom stereocenters. The van der Waals surface area contributed by atoms with Gasteiger partial charge >= 0.3 is 0 Å². The Kier molecular flexibility index (Phi) is 5.84. The number of nitrogens with zero attached hydrogens (tertiary/aromatic N) is 7. The molecule has 4 aromatic rings. The van der Waals surface area contributed by atoms with Gasteiger partial charge in [0.05, 0.1) is 17.3 Å². The number of anilines is 1. The summed E-state index contributed by atoms with van der Waals surface area (Å²) in [6.07, 6.45) is 7.97. The van der Waals surface area contributed by atoms with Gasteiger partial charge in [0, 0.05) is 43.3 Å².